The Morgan fingerprint density at radius 1 is 1.32 bits per heavy atom. The summed E-state index contributed by atoms with van der Waals surface area (Å²) in [6.07, 6.45) is 2.43. The van der Waals surface area contributed by atoms with Gasteiger partial charge in [-0.1, -0.05) is 0 Å². The maximum atomic E-state index is 13.6. The Labute approximate surface area is 161 Å². The number of nitrogens with zero attached hydrogens (tertiary/aromatic N) is 3. The Kier molecular flexibility index (Phi) is 5.13. The van der Waals surface area contributed by atoms with Crippen LogP contribution in [0.3, 0.4) is 0 Å². The topological polar surface area (TPSA) is 112 Å². The number of aromatic nitrogens is 3. The molecule has 2 heterocycles. The van der Waals surface area contributed by atoms with E-state index in [2.05, 4.69) is 20.3 Å². The largest absolute Gasteiger partial charge is 0.348 e. The van der Waals surface area contributed by atoms with Crippen molar-refractivity contribution in [3.8, 4) is 6.07 Å². The van der Waals surface area contributed by atoms with E-state index < -0.39 is 29.1 Å². The van der Waals surface area contributed by atoms with Crippen LogP contribution in [0.5, 0.6) is 0 Å². The predicted molar refractivity (Wildman–Crippen MR) is 100 cm³/mol. The van der Waals surface area contributed by atoms with Crippen molar-refractivity contribution in [2.45, 2.75) is 26.3 Å². The van der Waals surface area contributed by atoms with Crippen LogP contribution in [-0.2, 0) is 11.2 Å². The number of aromatic amines is 1. The molecule has 0 fully saturated rings. The summed E-state index contributed by atoms with van der Waals surface area (Å²) in [5.41, 5.74) is 0.787. The van der Waals surface area contributed by atoms with Gasteiger partial charge in [-0.3, -0.25) is 14.6 Å². The third-order valence-corrected chi connectivity index (χ3v) is 4.38. The number of H-pyrrole nitrogens is 1. The van der Waals surface area contributed by atoms with Crippen LogP contribution in [-0.4, -0.2) is 20.9 Å². The maximum Gasteiger partial charge on any atom is 0.252 e. The monoisotopic (exact) mass is 387 g/mol. The lowest BCUT2D eigenvalue weighted by Crippen LogP contribution is -2.31. The molecule has 3 rings (SSSR count). The summed E-state index contributed by atoms with van der Waals surface area (Å²) in [6, 6.07) is 3.25. The van der Waals surface area contributed by atoms with E-state index in [1.807, 2.05) is 6.07 Å². The van der Waals surface area contributed by atoms with Crippen molar-refractivity contribution >= 4 is 16.8 Å². The first-order valence-corrected chi connectivity index (χ1v) is 8.32. The summed E-state index contributed by atoms with van der Waals surface area (Å²) in [7, 11) is 0. The number of nitrogens with one attached hydrogen (secondary N) is 2. The second-order valence-corrected chi connectivity index (χ2v) is 6.27. The van der Waals surface area contributed by atoms with E-state index in [1.165, 1.54) is 12.4 Å². The van der Waals surface area contributed by atoms with Crippen molar-refractivity contribution < 1.29 is 16.4 Å². The van der Waals surface area contributed by atoms with E-state index in [1.54, 1.807) is 13.8 Å². The number of halogens is 2. The molecule has 0 bridgehead atoms. The number of pyridine rings is 1. The normalized spacial score (nSPS) is 11.8. The quantitative estimate of drug-likeness (QED) is 0.715. The highest BCUT2D eigenvalue weighted by atomic mass is 19.2. The summed E-state index contributed by atoms with van der Waals surface area (Å²) in [5, 5.41) is 11.8. The number of carbonyl (C=O) groups is 1. The number of fused-ring (bicyclic) bond motifs is 1. The first-order chi connectivity index (χ1) is 13.3. The molecule has 7 nitrogen and oxygen atoms in total. The Morgan fingerprint density at radius 2 is 2.04 bits per heavy atom. The van der Waals surface area contributed by atoms with Gasteiger partial charge in [0.05, 0.1) is 36.1 Å². The molecule has 3 aromatic rings. The molecule has 2 N–H and O–H groups in total. The fraction of sp³-hybridized carbons (Fsp3) is 0.211. The van der Waals surface area contributed by atoms with Crippen molar-refractivity contribution in [1.29, 1.82) is 5.26 Å². The van der Waals surface area contributed by atoms with Crippen LogP contribution in [0.1, 0.15) is 38.3 Å². The standard InChI is InChI=1S/C19H15F2N5O2.2H2/c1-9-12-3-14(20)15(21)5-16(12)26-19(28)13(9)4-18(27)25-10(2)17-8-23-11(6-22)7-24-17;;/h3,5,7-8,10H,4H2,1-2H3,(H,25,27)(H,26,28);2*1H/t10-;;/m1../s1. The maximum absolute atomic E-state index is 13.6. The average Bonchev–Trinajstić information content (AvgIpc) is 2.67. The lowest BCUT2D eigenvalue weighted by molar-refractivity contribution is -0.121. The summed E-state index contributed by atoms with van der Waals surface area (Å²) in [6.45, 7) is 3.26. The minimum absolute atomic E-state index is 0. The van der Waals surface area contributed by atoms with Crippen LogP contribution in [0.2, 0.25) is 0 Å². The van der Waals surface area contributed by atoms with Gasteiger partial charge in [0.2, 0.25) is 5.91 Å². The first-order valence-electron chi connectivity index (χ1n) is 8.32. The van der Waals surface area contributed by atoms with E-state index in [0.29, 0.717) is 16.6 Å². The molecule has 146 valence electrons. The molecule has 0 spiro atoms. The molecule has 0 unspecified atom stereocenters. The zero-order valence-electron chi connectivity index (χ0n) is 15.0. The van der Waals surface area contributed by atoms with Crippen molar-refractivity contribution in [1.82, 2.24) is 20.3 Å². The van der Waals surface area contributed by atoms with Gasteiger partial charge < -0.3 is 10.3 Å². The molecule has 28 heavy (non-hydrogen) atoms. The molecule has 0 saturated heterocycles. The van der Waals surface area contributed by atoms with Gasteiger partial charge in [0.25, 0.3) is 5.56 Å². The van der Waals surface area contributed by atoms with Gasteiger partial charge in [0.1, 0.15) is 6.07 Å². The molecule has 1 amide bonds. The van der Waals surface area contributed by atoms with E-state index in [4.69, 9.17) is 5.26 Å². The molecule has 0 aliphatic heterocycles. The van der Waals surface area contributed by atoms with Gasteiger partial charge in [0.15, 0.2) is 17.3 Å². The van der Waals surface area contributed by atoms with Crippen molar-refractivity contribution in [3.63, 3.8) is 0 Å². The second kappa shape index (κ2) is 7.52. The van der Waals surface area contributed by atoms with Crippen molar-refractivity contribution in [3.05, 3.63) is 69.0 Å². The highest BCUT2D eigenvalue weighted by molar-refractivity contribution is 5.86. The zero-order valence-corrected chi connectivity index (χ0v) is 15.0. The van der Waals surface area contributed by atoms with E-state index in [9.17, 15) is 18.4 Å². The number of nitriles is 1. The summed E-state index contributed by atoms with van der Waals surface area (Å²) in [4.78, 5) is 35.1. The van der Waals surface area contributed by atoms with Crippen molar-refractivity contribution in [2.24, 2.45) is 0 Å². The van der Waals surface area contributed by atoms with Crippen LogP contribution >= 0.6 is 0 Å². The molecule has 0 radical (unpaired) electrons. The number of hydrogen-bond acceptors (Lipinski definition) is 5. The zero-order chi connectivity index (χ0) is 20.4. The summed E-state index contributed by atoms with van der Waals surface area (Å²) in [5.74, 6) is -2.55. The number of carbonyl (C=O) groups excluding carboxylic acids is 1. The Bertz CT molecular complexity index is 1180. The van der Waals surface area contributed by atoms with Crippen LogP contribution in [0, 0.1) is 29.9 Å². The molecule has 1 atom stereocenters. The Balaban J connectivity index is 0.00000225. The molecule has 9 heteroatoms. The number of benzene rings is 1. The van der Waals surface area contributed by atoms with E-state index >= 15 is 0 Å². The second-order valence-electron chi connectivity index (χ2n) is 6.27. The lowest BCUT2D eigenvalue weighted by Gasteiger charge is -2.14. The molecule has 0 aliphatic carbocycles. The van der Waals surface area contributed by atoms with Crippen LogP contribution in [0.25, 0.3) is 10.9 Å². The third-order valence-electron chi connectivity index (χ3n) is 4.38. The van der Waals surface area contributed by atoms with Gasteiger partial charge in [0, 0.05) is 19.9 Å². The summed E-state index contributed by atoms with van der Waals surface area (Å²) >= 11 is 0. The van der Waals surface area contributed by atoms with Gasteiger partial charge in [-0.2, -0.15) is 5.26 Å². The first kappa shape index (κ1) is 19.1. The summed E-state index contributed by atoms with van der Waals surface area (Å²) < 4.78 is 26.9. The minimum Gasteiger partial charge on any atom is -0.348 e. The van der Waals surface area contributed by atoms with Gasteiger partial charge in [-0.25, -0.2) is 13.8 Å². The molecule has 0 aliphatic rings. The average molecular weight is 387 g/mol. The predicted octanol–water partition coefficient (Wildman–Crippen LogP) is 2.69. The molecule has 2 aromatic heterocycles. The molecule has 1 aromatic carbocycles. The lowest BCUT2D eigenvalue weighted by atomic mass is 10.0. The highest BCUT2D eigenvalue weighted by Gasteiger charge is 2.17. The number of amides is 1. The number of aryl methyl sites for hydroxylation is 1. The third kappa shape index (κ3) is 3.71. The molecular formula is C19H19F2N5O2. The highest BCUT2D eigenvalue weighted by Crippen LogP contribution is 2.21. The number of hydrogen-bond donors (Lipinski definition) is 2. The van der Waals surface area contributed by atoms with Gasteiger partial charge in [-0.15, -0.1) is 0 Å². The smallest absolute Gasteiger partial charge is 0.252 e. The molecule has 0 saturated carbocycles. The van der Waals surface area contributed by atoms with E-state index in [-0.39, 0.29) is 26.0 Å². The fourth-order valence-corrected chi connectivity index (χ4v) is 2.85. The molecular weight excluding hydrogens is 368 g/mol. The number of rotatable bonds is 4. The minimum atomic E-state index is -1.06. The van der Waals surface area contributed by atoms with Gasteiger partial charge in [-0.05, 0) is 25.5 Å². The SMILES string of the molecule is Cc1c(CC(=O)N[C@H](C)c2cnc(C#N)cn2)c(=O)[nH]c2cc(F)c(F)cc12.[HH].[HH]. The van der Waals surface area contributed by atoms with Crippen LogP contribution < -0.4 is 10.9 Å². The van der Waals surface area contributed by atoms with Crippen LogP contribution in [0.15, 0.2) is 29.3 Å². The van der Waals surface area contributed by atoms with Gasteiger partial charge >= 0.3 is 0 Å². The Morgan fingerprint density at radius 3 is 2.68 bits per heavy atom. The Hall–Kier alpha value is -3.67. The fourth-order valence-electron chi connectivity index (χ4n) is 2.85. The van der Waals surface area contributed by atoms with E-state index in [0.717, 1.165) is 12.1 Å². The van der Waals surface area contributed by atoms with Crippen LogP contribution in [0.4, 0.5) is 8.78 Å². The van der Waals surface area contributed by atoms with Crippen molar-refractivity contribution in [2.75, 3.05) is 0 Å².